The van der Waals surface area contributed by atoms with Gasteiger partial charge in [-0.3, -0.25) is 4.79 Å². The number of rotatable bonds is 1. The standard InChI is InChI=1S/C7H11N2O2/c1-8-6-7(10)9-2-4-11-5-3-9/h1H,2-6H2/q+1. The molecule has 0 radical (unpaired) electrons. The van der Waals surface area contributed by atoms with Gasteiger partial charge < -0.3 is 9.64 Å². The molecule has 0 N–H and O–H groups in total. The quantitative estimate of drug-likeness (QED) is 0.526. The molecule has 0 spiro atoms. The molecular weight excluding hydrogens is 144 g/mol. The zero-order valence-electron chi connectivity index (χ0n) is 6.32. The molecule has 1 amide bonds. The zero-order valence-corrected chi connectivity index (χ0v) is 6.32. The van der Waals surface area contributed by atoms with Crippen molar-refractivity contribution >= 4 is 5.91 Å². The van der Waals surface area contributed by atoms with Gasteiger partial charge in [-0.05, 0) is 0 Å². The normalized spacial score (nSPS) is 17.5. The van der Waals surface area contributed by atoms with Crippen LogP contribution in [0.3, 0.4) is 0 Å². The minimum atomic E-state index is -0.0178. The summed E-state index contributed by atoms with van der Waals surface area (Å²) in [6.07, 6.45) is 0. The highest BCUT2D eigenvalue weighted by atomic mass is 16.5. The smallest absolute Gasteiger partial charge is 0.339 e. The van der Waals surface area contributed by atoms with Crippen LogP contribution in [0.25, 0.3) is 4.85 Å². The van der Waals surface area contributed by atoms with Gasteiger partial charge in [0.15, 0.2) is 0 Å². The molecule has 0 aliphatic carbocycles. The molecule has 0 bridgehead atoms. The van der Waals surface area contributed by atoms with Crippen molar-refractivity contribution in [3.05, 3.63) is 4.85 Å². The van der Waals surface area contributed by atoms with Crippen molar-refractivity contribution in [1.29, 1.82) is 0 Å². The first-order chi connectivity index (χ1) is 5.34. The van der Waals surface area contributed by atoms with E-state index in [1.807, 2.05) is 0 Å². The molecule has 0 aromatic carbocycles. The predicted molar refractivity (Wildman–Crippen MR) is 40.6 cm³/mol. The number of carbonyl (C=O) groups is 1. The maximum absolute atomic E-state index is 11.1. The summed E-state index contributed by atoms with van der Waals surface area (Å²) >= 11 is 0. The van der Waals surface area contributed by atoms with Crippen LogP contribution < -0.4 is 0 Å². The van der Waals surface area contributed by atoms with Crippen molar-refractivity contribution in [2.75, 3.05) is 32.8 Å². The minimum Gasteiger partial charge on any atom is -0.378 e. The van der Waals surface area contributed by atoms with Crippen LogP contribution in [0.15, 0.2) is 0 Å². The first kappa shape index (κ1) is 8.02. The molecule has 0 saturated carbocycles. The summed E-state index contributed by atoms with van der Waals surface area (Å²) in [5.74, 6) is -0.0178. The third-order valence-electron chi connectivity index (χ3n) is 1.59. The number of morpholine rings is 1. The summed E-state index contributed by atoms with van der Waals surface area (Å²) in [7, 11) is 0. The van der Waals surface area contributed by atoms with Gasteiger partial charge in [0.05, 0.1) is 13.2 Å². The maximum atomic E-state index is 11.1. The summed E-state index contributed by atoms with van der Waals surface area (Å²) in [6.45, 7) is 7.53. The van der Waals surface area contributed by atoms with Crippen molar-refractivity contribution < 1.29 is 9.53 Å². The van der Waals surface area contributed by atoms with E-state index in [1.54, 1.807) is 4.90 Å². The second kappa shape index (κ2) is 3.94. The molecule has 0 unspecified atom stereocenters. The van der Waals surface area contributed by atoms with Gasteiger partial charge >= 0.3 is 12.5 Å². The number of ether oxygens (including phenoxy) is 1. The Bertz CT molecular complexity index is 179. The molecule has 11 heavy (non-hydrogen) atoms. The fraction of sp³-hybridized carbons (Fsp3) is 0.714. The Morgan fingerprint density at radius 2 is 2.18 bits per heavy atom. The van der Waals surface area contributed by atoms with E-state index in [2.05, 4.69) is 4.85 Å². The van der Waals surface area contributed by atoms with Crippen molar-refractivity contribution in [3.63, 3.8) is 0 Å². The summed E-state index contributed by atoms with van der Waals surface area (Å²) in [4.78, 5) is 16.1. The molecule has 4 nitrogen and oxygen atoms in total. The van der Waals surface area contributed by atoms with Gasteiger partial charge in [0.25, 0.3) is 6.57 Å². The molecule has 1 aliphatic rings. The SMILES string of the molecule is C#[N+]CC(=O)N1CCOCC1. The lowest BCUT2D eigenvalue weighted by molar-refractivity contribution is -0.133. The first-order valence-corrected chi connectivity index (χ1v) is 3.57. The van der Waals surface area contributed by atoms with E-state index in [-0.39, 0.29) is 12.5 Å². The maximum Gasteiger partial charge on any atom is 0.339 e. The van der Waals surface area contributed by atoms with Gasteiger partial charge in [-0.1, -0.05) is 4.85 Å². The van der Waals surface area contributed by atoms with Crippen LogP contribution in [0.1, 0.15) is 0 Å². The lowest BCUT2D eigenvalue weighted by atomic mass is 10.4. The van der Waals surface area contributed by atoms with E-state index in [9.17, 15) is 4.79 Å². The Kier molecular flexibility index (Phi) is 2.87. The third-order valence-corrected chi connectivity index (χ3v) is 1.59. The van der Waals surface area contributed by atoms with Crippen LogP contribution in [0.4, 0.5) is 0 Å². The third kappa shape index (κ3) is 2.20. The average molecular weight is 155 g/mol. The fourth-order valence-corrected chi connectivity index (χ4v) is 0.991. The van der Waals surface area contributed by atoms with Crippen LogP contribution in [-0.2, 0) is 9.53 Å². The van der Waals surface area contributed by atoms with Crippen LogP contribution in [0.2, 0.25) is 0 Å². The van der Waals surface area contributed by atoms with Crippen molar-refractivity contribution in [1.82, 2.24) is 4.90 Å². The minimum absolute atomic E-state index is 0.0178. The second-order valence-corrected chi connectivity index (χ2v) is 2.33. The molecule has 1 rings (SSSR count). The summed E-state index contributed by atoms with van der Waals surface area (Å²) in [6, 6.07) is 0. The van der Waals surface area contributed by atoms with Crippen LogP contribution in [0.5, 0.6) is 0 Å². The van der Waals surface area contributed by atoms with E-state index >= 15 is 0 Å². The highest BCUT2D eigenvalue weighted by Crippen LogP contribution is 1.96. The molecule has 0 aromatic rings. The molecule has 4 heteroatoms. The number of carbonyl (C=O) groups excluding carboxylic acids is 1. The molecule has 1 saturated heterocycles. The molecule has 0 atom stereocenters. The molecular formula is C7H11N2O2+. The summed E-state index contributed by atoms with van der Waals surface area (Å²) in [5.41, 5.74) is 0. The highest BCUT2D eigenvalue weighted by Gasteiger charge is 2.19. The lowest BCUT2D eigenvalue weighted by Crippen LogP contribution is -2.41. The van der Waals surface area contributed by atoms with Gasteiger partial charge in [-0.25, -0.2) is 0 Å². The Morgan fingerprint density at radius 1 is 1.55 bits per heavy atom. The van der Waals surface area contributed by atoms with Crippen LogP contribution in [0, 0.1) is 6.57 Å². The van der Waals surface area contributed by atoms with E-state index < -0.39 is 0 Å². The van der Waals surface area contributed by atoms with Gasteiger partial charge in [-0.15, -0.1) is 0 Å². The molecule has 1 aliphatic heterocycles. The summed E-state index contributed by atoms with van der Waals surface area (Å²) < 4.78 is 5.07. The molecule has 60 valence electrons. The van der Waals surface area contributed by atoms with E-state index in [0.717, 1.165) is 0 Å². The Morgan fingerprint density at radius 3 is 2.73 bits per heavy atom. The highest BCUT2D eigenvalue weighted by molar-refractivity contribution is 5.79. The second-order valence-electron chi connectivity index (χ2n) is 2.33. The van der Waals surface area contributed by atoms with Gasteiger partial charge in [0.1, 0.15) is 0 Å². The van der Waals surface area contributed by atoms with Crippen molar-refractivity contribution in [2.45, 2.75) is 0 Å². The average Bonchev–Trinajstić information content (AvgIpc) is 2.07. The lowest BCUT2D eigenvalue weighted by Gasteiger charge is -2.24. The van der Waals surface area contributed by atoms with Crippen LogP contribution in [-0.4, -0.2) is 43.7 Å². The Labute approximate surface area is 65.6 Å². The van der Waals surface area contributed by atoms with Crippen molar-refractivity contribution in [2.24, 2.45) is 0 Å². The number of hydrogen-bond acceptors (Lipinski definition) is 2. The predicted octanol–water partition coefficient (Wildman–Crippen LogP) is -0.192. The van der Waals surface area contributed by atoms with Crippen LogP contribution >= 0.6 is 0 Å². The van der Waals surface area contributed by atoms with E-state index in [1.165, 1.54) is 0 Å². The number of nitrogens with zero attached hydrogens (tertiary/aromatic N) is 2. The fourth-order valence-electron chi connectivity index (χ4n) is 0.991. The monoisotopic (exact) mass is 155 g/mol. The Hall–Kier alpha value is -1.08. The van der Waals surface area contributed by atoms with E-state index in [4.69, 9.17) is 11.3 Å². The molecule has 1 heterocycles. The zero-order chi connectivity index (χ0) is 8.10. The van der Waals surface area contributed by atoms with Gasteiger partial charge in [-0.2, -0.15) is 0 Å². The van der Waals surface area contributed by atoms with Gasteiger partial charge in [0, 0.05) is 13.1 Å². The largest absolute Gasteiger partial charge is 0.378 e. The number of hydrogen-bond donors (Lipinski definition) is 0. The first-order valence-electron chi connectivity index (χ1n) is 3.57. The Balaban J connectivity index is 2.34. The summed E-state index contributed by atoms with van der Waals surface area (Å²) in [5, 5.41) is 0. The van der Waals surface area contributed by atoms with E-state index in [0.29, 0.717) is 26.3 Å². The van der Waals surface area contributed by atoms with Gasteiger partial charge in [0.2, 0.25) is 0 Å². The number of amides is 1. The molecule has 1 fully saturated rings. The molecule has 0 aromatic heterocycles. The van der Waals surface area contributed by atoms with Crippen molar-refractivity contribution in [3.8, 4) is 6.57 Å². The topological polar surface area (TPSA) is 33.9 Å².